The van der Waals surface area contributed by atoms with E-state index in [0.717, 1.165) is 46.5 Å². The Morgan fingerprint density at radius 2 is 1.68 bits per heavy atom. The summed E-state index contributed by atoms with van der Waals surface area (Å²) in [6.45, 7) is 1.59. The van der Waals surface area contributed by atoms with Crippen molar-refractivity contribution < 1.29 is 19.1 Å². The zero-order chi connectivity index (χ0) is 26.2. The first-order valence-corrected chi connectivity index (χ1v) is 12.6. The number of carbonyl (C=O) groups is 2. The Hall–Kier alpha value is -3.90. The number of anilines is 2. The minimum absolute atomic E-state index is 0.0529. The first-order valence-electron chi connectivity index (χ1n) is 12.6. The molecule has 1 aliphatic heterocycles. The average molecular weight is 499 g/mol. The van der Waals surface area contributed by atoms with E-state index in [2.05, 4.69) is 53.4 Å². The zero-order valence-corrected chi connectivity index (χ0v) is 21.7. The average Bonchev–Trinajstić information content (AvgIpc) is 2.95. The maximum absolute atomic E-state index is 13.7. The van der Waals surface area contributed by atoms with Crippen molar-refractivity contribution in [1.82, 2.24) is 0 Å². The smallest absolute Gasteiger partial charge is 0.330 e. The van der Waals surface area contributed by atoms with Crippen LogP contribution in [0.1, 0.15) is 24.0 Å². The highest BCUT2D eigenvalue weighted by Crippen LogP contribution is 2.27. The predicted octanol–water partition coefficient (Wildman–Crippen LogP) is 5.57. The quantitative estimate of drug-likeness (QED) is 0.300. The van der Waals surface area contributed by atoms with Gasteiger partial charge in [0, 0.05) is 38.2 Å². The normalized spacial score (nSPS) is 15.4. The third kappa shape index (κ3) is 6.86. The lowest BCUT2D eigenvalue weighted by atomic mass is 9.99. The molecule has 0 aliphatic carbocycles. The summed E-state index contributed by atoms with van der Waals surface area (Å²) in [6.07, 6.45) is 4.77. The van der Waals surface area contributed by atoms with Crippen LogP contribution in [0.2, 0.25) is 0 Å². The number of hydrogen-bond donors (Lipinski definition) is 0. The molecule has 0 radical (unpaired) electrons. The lowest BCUT2D eigenvalue weighted by molar-refractivity contribution is -0.134. The number of hydrogen-bond acceptors (Lipinski definition) is 5. The zero-order valence-electron chi connectivity index (χ0n) is 21.7. The topological polar surface area (TPSA) is 59.1 Å². The Balaban J connectivity index is 1.58. The van der Waals surface area contributed by atoms with Gasteiger partial charge in [0.2, 0.25) is 5.91 Å². The third-order valence-corrected chi connectivity index (χ3v) is 6.58. The first kappa shape index (κ1) is 26.2. The molecule has 0 N–H and O–H groups in total. The minimum atomic E-state index is -0.422. The number of carbonyl (C=O) groups excluding carboxylic acids is 2. The molecule has 1 heterocycles. The van der Waals surface area contributed by atoms with Crippen molar-refractivity contribution in [2.45, 2.75) is 19.4 Å². The summed E-state index contributed by atoms with van der Waals surface area (Å²) in [4.78, 5) is 29.1. The highest BCUT2D eigenvalue weighted by atomic mass is 16.5. The van der Waals surface area contributed by atoms with Crippen molar-refractivity contribution in [2.24, 2.45) is 5.92 Å². The molecular formula is C31H34N2O4. The Morgan fingerprint density at radius 1 is 0.973 bits per heavy atom. The SMILES string of the molecule is COC(=O)/C=C/c1cccc(N(Cc2ccc(-c3ccc(N(C)C)cc3)cc2)C(=O)[C@H]2CCCOC2)c1. The molecule has 4 rings (SSSR count). The Kier molecular flexibility index (Phi) is 8.75. The van der Waals surface area contributed by atoms with Gasteiger partial charge in [0.05, 0.1) is 26.2 Å². The van der Waals surface area contributed by atoms with E-state index in [9.17, 15) is 9.59 Å². The molecule has 1 atom stereocenters. The van der Waals surface area contributed by atoms with E-state index in [1.807, 2.05) is 43.3 Å². The van der Waals surface area contributed by atoms with Crippen LogP contribution in [0, 0.1) is 5.92 Å². The lowest BCUT2D eigenvalue weighted by Crippen LogP contribution is -2.39. The molecule has 37 heavy (non-hydrogen) atoms. The van der Waals surface area contributed by atoms with Crippen molar-refractivity contribution in [3.63, 3.8) is 0 Å². The van der Waals surface area contributed by atoms with Crippen molar-refractivity contribution in [1.29, 1.82) is 0 Å². The Morgan fingerprint density at radius 3 is 2.30 bits per heavy atom. The van der Waals surface area contributed by atoms with E-state index in [1.54, 1.807) is 6.08 Å². The van der Waals surface area contributed by atoms with Crippen LogP contribution in [0.15, 0.2) is 78.9 Å². The van der Waals surface area contributed by atoms with E-state index >= 15 is 0 Å². The van der Waals surface area contributed by atoms with Gasteiger partial charge in [-0.25, -0.2) is 4.79 Å². The second kappa shape index (κ2) is 12.4. The van der Waals surface area contributed by atoms with E-state index in [-0.39, 0.29) is 11.8 Å². The van der Waals surface area contributed by atoms with Crippen LogP contribution in [0.4, 0.5) is 11.4 Å². The molecule has 1 amide bonds. The molecule has 3 aromatic carbocycles. The van der Waals surface area contributed by atoms with Gasteiger partial charge in [0.1, 0.15) is 0 Å². The number of rotatable bonds is 8. The van der Waals surface area contributed by atoms with Gasteiger partial charge in [-0.1, -0.05) is 48.5 Å². The molecule has 3 aromatic rings. The standard InChI is InChI=1S/C31H34N2O4/c1-32(2)28-16-14-26(15-17-28)25-12-9-24(10-13-25)21-33(31(35)27-7-5-19-37-22-27)29-8-4-6-23(20-29)11-18-30(34)36-3/h4,6,8-18,20,27H,5,7,19,21-22H2,1-3H3/b18-11+/t27-/m0/s1. The molecule has 192 valence electrons. The van der Waals surface area contributed by atoms with Crippen LogP contribution < -0.4 is 9.80 Å². The Labute approximate surface area is 219 Å². The van der Waals surface area contributed by atoms with Crippen molar-refractivity contribution in [2.75, 3.05) is 44.2 Å². The molecule has 0 spiro atoms. The Bertz CT molecular complexity index is 1230. The number of methoxy groups -OCH3 is 1. The van der Waals surface area contributed by atoms with Gasteiger partial charge in [-0.15, -0.1) is 0 Å². The molecule has 1 saturated heterocycles. The van der Waals surface area contributed by atoms with Crippen LogP contribution >= 0.6 is 0 Å². The molecule has 0 bridgehead atoms. The molecular weight excluding hydrogens is 464 g/mol. The highest BCUT2D eigenvalue weighted by Gasteiger charge is 2.28. The number of nitrogens with zero attached hydrogens (tertiary/aromatic N) is 2. The van der Waals surface area contributed by atoms with Gasteiger partial charge in [-0.2, -0.15) is 0 Å². The van der Waals surface area contributed by atoms with E-state index in [1.165, 1.54) is 13.2 Å². The number of amides is 1. The van der Waals surface area contributed by atoms with Crippen molar-refractivity contribution >= 4 is 29.3 Å². The molecule has 1 fully saturated rings. The van der Waals surface area contributed by atoms with Crippen LogP contribution in [-0.2, 0) is 25.6 Å². The van der Waals surface area contributed by atoms with E-state index in [4.69, 9.17) is 9.47 Å². The molecule has 6 nitrogen and oxygen atoms in total. The maximum Gasteiger partial charge on any atom is 0.330 e. The summed E-state index contributed by atoms with van der Waals surface area (Å²) in [6, 6.07) is 24.4. The van der Waals surface area contributed by atoms with Crippen LogP contribution in [0.3, 0.4) is 0 Å². The van der Waals surface area contributed by atoms with E-state index in [0.29, 0.717) is 19.8 Å². The lowest BCUT2D eigenvalue weighted by Gasteiger charge is -2.30. The van der Waals surface area contributed by atoms with Gasteiger partial charge in [-0.3, -0.25) is 4.79 Å². The molecule has 0 unspecified atom stereocenters. The van der Waals surface area contributed by atoms with Crippen LogP contribution in [-0.4, -0.2) is 46.3 Å². The summed E-state index contributed by atoms with van der Waals surface area (Å²) in [5.74, 6) is -0.538. The first-order chi connectivity index (χ1) is 17.9. The van der Waals surface area contributed by atoms with Gasteiger partial charge in [-0.05, 0) is 65.4 Å². The maximum atomic E-state index is 13.7. The van der Waals surface area contributed by atoms with Gasteiger partial charge >= 0.3 is 5.97 Å². The fourth-order valence-electron chi connectivity index (χ4n) is 4.42. The summed E-state index contributed by atoms with van der Waals surface area (Å²) >= 11 is 0. The molecule has 0 saturated carbocycles. The second-order valence-electron chi connectivity index (χ2n) is 9.43. The highest BCUT2D eigenvalue weighted by molar-refractivity contribution is 5.95. The third-order valence-electron chi connectivity index (χ3n) is 6.58. The largest absolute Gasteiger partial charge is 0.466 e. The van der Waals surface area contributed by atoms with Crippen LogP contribution in [0.25, 0.3) is 17.2 Å². The summed E-state index contributed by atoms with van der Waals surface area (Å²) in [5.41, 5.74) is 6.07. The fraction of sp³-hybridized carbons (Fsp3) is 0.290. The minimum Gasteiger partial charge on any atom is -0.466 e. The van der Waals surface area contributed by atoms with Crippen LogP contribution in [0.5, 0.6) is 0 Å². The second-order valence-corrected chi connectivity index (χ2v) is 9.43. The van der Waals surface area contributed by atoms with Gasteiger partial charge in [0.15, 0.2) is 0 Å². The predicted molar refractivity (Wildman–Crippen MR) is 148 cm³/mol. The van der Waals surface area contributed by atoms with Crippen molar-refractivity contribution in [3.8, 4) is 11.1 Å². The summed E-state index contributed by atoms with van der Waals surface area (Å²) < 4.78 is 10.3. The van der Waals surface area contributed by atoms with E-state index < -0.39 is 5.97 Å². The summed E-state index contributed by atoms with van der Waals surface area (Å²) in [7, 11) is 5.41. The fourth-order valence-corrected chi connectivity index (χ4v) is 4.42. The van der Waals surface area contributed by atoms with Gasteiger partial charge in [0.25, 0.3) is 0 Å². The van der Waals surface area contributed by atoms with Crippen molar-refractivity contribution in [3.05, 3.63) is 90.0 Å². The summed E-state index contributed by atoms with van der Waals surface area (Å²) in [5, 5.41) is 0. The number of benzene rings is 3. The molecule has 1 aliphatic rings. The monoisotopic (exact) mass is 498 g/mol. The molecule has 0 aromatic heterocycles. The molecule has 6 heteroatoms. The van der Waals surface area contributed by atoms with Gasteiger partial charge < -0.3 is 19.3 Å². The number of ether oxygens (including phenoxy) is 2. The number of esters is 1.